The van der Waals surface area contributed by atoms with Crippen molar-refractivity contribution in [1.29, 1.82) is 0 Å². The van der Waals surface area contributed by atoms with Crippen LogP contribution in [0.2, 0.25) is 0 Å². The van der Waals surface area contributed by atoms with Crippen molar-refractivity contribution in [3.8, 4) is 0 Å². The van der Waals surface area contributed by atoms with E-state index in [0.717, 1.165) is 66.4 Å². The highest BCUT2D eigenvalue weighted by Gasteiger charge is 2.14. The van der Waals surface area contributed by atoms with E-state index in [4.69, 9.17) is 9.11 Å². The van der Waals surface area contributed by atoms with Gasteiger partial charge < -0.3 is 20.6 Å². The van der Waals surface area contributed by atoms with E-state index in [-0.39, 0.29) is 0 Å². The Labute approximate surface area is 226 Å². The van der Waals surface area contributed by atoms with E-state index >= 15 is 0 Å². The normalized spacial score (nSPS) is 15.0. The molecule has 6 N–H and O–H groups in total. The van der Waals surface area contributed by atoms with Crippen LogP contribution in [0, 0.1) is 0 Å². The average Bonchev–Trinajstić information content (AvgIpc) is 3.64. The van der Waals surface area contributed by atoms with Crippen molar-refractivity contribution in [2.75, 3.05) is 38.7 Å². The Morgan fingerprint density at radius 2 is 1.10 bits per heavy atom. The van der Waals surface area contributed by atoms with Crippen LogP contribution in [0.4, 0.5) is 0 Å². The molecule has 2 aliphatic heterocycles. The molecule has 2 aromatic carbocycles. The summed E-state index contributed by atoms with van der Waals surface area (Å²) in [5.74, 6) is 1.99. The summed E-state index contributed by atoms with van der Waals surface area (Å²) in [6, 6.07) is 13.1. The number of H-pyrrole nitrogens is 2. The maximum atomic E-state index is 9.19. The zero-order valence-corrected chi connectivity index (χ0v) is 23.0. The molecule has 39 heavy (non-hydrogen) atoms. The van der Waals surface area contributed by atoms with Crippen molar-refractivity contribution in [2.45, 2.75) is 6.42 Å². The zero-order chi connectivity index (χ0) is 28.2. The molecule has 0 fully saturated rings. The van der Waals surface area contributed by atoms with Gasteiger partial charge in [-0.15, -0.1) is 0 Å². The Kier molecular flexibility index (Phi) is 8.39. The number of hydrogen-bond acceptors (Lipinski definition) is 8. The number of benzene rings is 2. The highest BCUT2D eigenvalue weighted by atomic mass is 32.2. The molecule has 0 bridgehead atoms. The van der Waals surface area contributed by atoms with Gasteiger partial charge in [-0.3, -0.25) is 19.1 Å². The quantitative estimate of drug-likeness (QED) is 0.199. The van der Waals surface area contributed by atoms with Gasteiger partial charge in [0, 0.05) is 64.8 Å². The number of aliphatic imine (C=N–C) groups is 2. The van der Waals surface area contributed by atoms with Crippen LogP contribution in [0.25, 0.3) is 21.8 Å². The van der Waals surface area contributed by atoms with Gasteiger partial charge in [-0.25, -0.2) is 0 Å². The Balaban J connectivity index is 0.000000305. The fourth-order valence-electron chi connectivity index (χ4n) is 4.35. The van der Waals surface area contributed by atoms with Gasteiger partial charge in [0.1, 0.15) is 11.7 Å². The molecular formula is C25H30N6O6S2. The molecule has 6 rings (SSSR count). The lowest BCUT2D eigenvalue weighted by Gasteiger charge is -2.04. The lowest BCUT2D eigenvalue weighted by Crippen LogP contribution is -2.19. The lowest BCUT2D eigenvalue weighted by atomic mass is 10.0. The highest BCUT2D eigenvalue weighted by molar-refractivity contribution is 7.85. The Bertz CT molecular complexity index is 1620. The average molecular weight is 575 g/mol. The molecule has 0 radical (unpaired) electrons. The Morgan fingerprint density at radius 3 is 1.44 bits per heavy atom. The van der Waals surface area contributed by atoms with Crippen LogP contribution in [-0.2, 0) is 26.7 Å². The molecule has 14 heteroatoms. The molecule has 0 atom stereocenters. The third-order valence-electron chi connectivity index (χ3n) is 5.81. The van der Waals surface area contributed by atoms with Crippen LogP contribution < -0.4 is 10.6 Å². The summed E-state index contributed by atoms with van der Waals surface area (Å²) in [6.45, 7) is 3.56. The molecule has 0 saturated carbocycles. The van der Waals surface area contributed by atoms with Crippen LogP contribution in [0.5, 0.6) is 0 Å². The Hall–Kier alpha value is -3.72. The second-order valence-electron chi connectivity index (χ2n) is 9.11. The van der Waals surface area contributed by atoms with Crippen LogP contribution >= 0.6 is 0 Å². The van der Waals surface area contributed by atoms with Gasteiger partial charge >= 0.3 is 0 Å². The zero-order valence-electron chi connectivity index (χ0n) is 21.4. The minimum Gasteiger partial charge on any atom is -0.368 e. The number of fused-ring (bicyclic) bond motifs is 2. The molecular weight excluding hydrogens is 544 g/mol. The van der Waals surface area contributed by atoms with Crippen LogP contribution in [-0.4, -0.2) is 86.3 Å². The van der Waals surface area contributed by atoms with Crippen molar-refractivity contribution in [2.24, 2.45) is 9.98 Å². The first-order chi connectivity index (χ1) is 18.3. The molecule has 2 aliphatic rings. The third-order valence-corrected chi connectivity index (χ3v) is 5.81. The largest absolute Gasteiger partial charge is 0.368 e. The first-order valence-electron chi connectivity index (χ1n) is 12.0. The second kappa shape index (κ2) is 11.6. The maximum absolute atomic E-state index is 9.19. The predicted octanol–water partition coefficient (Wildman–Crippen LogP) is 1.95. The minimum absolute atomic E-state index is 0.715. The van der Waals surface area contributed by atoms with Crippen LogP contribution in [0.1, 0.15) is 22.3 Å². The van der Waals surface area contributed by atoms with Gasteiger partial charge in [0.15, 0.2) is 0 Å². The summed E-state index contributed by atoms with van der Waals surface area (Å²) >= 11 is 0. The number of aromatic amines is 2. The number of nitrogens with one attached hydrogen (secondary N) is 4. The van der Waals surface area contributed by atoms with Crippen molar-refractivity contribution in [1.82, 2.24) is 20.6 Å². The fraction of sp³-hybridized carbons (Fsp3) is 0.280. The minimum atomic E-state index is -3.67. The SMILES string of the molecule is CS(=O)(=O)O.CS(=O)(=O)O.c1cc2c(Cc3c[nH]c4cc(C5=NCCN5)ccc34)c[nH]c2cc1C1=NCCN1. The summed E-state index contributed by atoms with van der Waals surface area (Å²) in [7, 11) is -7.33. The van der Waals surface area contributed by atoms with Crippen molar-refractivity contribution >= 4 is 53.7 Å². The standard InChI is InChI=1S/C23H22N6.2CH4O3S/c1-3-18-16(12-28-20(18)10-14(1)22-24-5-6-25-22)9-17-13-29-21-11-15(2-4-19(17)21)23-26-7-8-27-23;2*1-5(2,3)4/h1-4,10-13,28-29H,5-9H2,(H,24,25)(H,26,27);2*1H3,(H,2,3,4). The summed E-state index contributed by atoms with van der Waals surface area (Å²) in [5.41, 5.74) is 7.21. The lowest BCUT2D eigenvalue weighted by molar-refractivity contribution is 0.488. The topological polar surface area (TPSA) is 189 Å². The molecule has 4 aromatic rings. The summed E-state index contributed by atoms with van der Waals surface area (Å²) in [6.07, 6.45) is 6.57. The predicted molar refractivity (Wildman–Crippen MR) is 153 cm³/mol. The van der Waals surface area contributed by atoms with E-state index in [1.54, 1.807) is 0 Å². The monoisotopic (exact) mass is 574 g/mol. The molecule has 4 heterocycles. The molecule has 0 amide bonds. The summed E-state index contributed by atoms with van der Waals surface area (Å²) < 4.78 is 51.7. The third kappa shape index (κ3) is 8.13. The molecule has 0 aliphatic carbocycles. The smallest absolute Gasteiger partial charge is 0.261 e. The second-order valence-corrected chi connectivity index (χ2v) is 12.0. The molecule has 0 unspecified atom stereocenters. The van der Waals surface area contributed by atoms with Gasteiger partial charge in [0.25, 0.3) is 20.2 Å². The first-order valence-corrected chi connectivity index (χ1v) is 15.7. The van der Waals surface area contributed by atoms with Crippen molar-refractivity contribution in [3.05, 3.63) is 71.0 Å². The van der Waals surface area contributed by atoms with Gasteiger partial charge in [-0.05, 0) is 23.3 Å². The summed E-state index contributed by atoms with van der Waals surface area (Å²) in [5, 5.41) is 9.22. The maximum Gasteiger partial charge on any atom is 0.261 e. The van der Waals surface area contributed by atoms with Gasteiger partial charge in [0.05, 0.1) is 25.6 Å². The van der Waals surface area contributed by atoms with Gasteiger partial charge in [0.2, 0.25) is 0 Å². The molecule has 2 aromatic heterocycles. The number of rotatable bonds is 4. The van der Waals surface area contributed by atoms with E-state index in [1.165, 1.54) is 21.9 Å². The van der Waals surface area contributed by atoms with Gasteiger partial charge in [-0.2, -0.15) is 16.8 Å². The number of nitrogens with zero attached hydrogens (tertiary/aromatic N) is 2. The van der Waals surface area contributed by atoms with E-state index in [0.29, 0.717) is 12.5 Å². The first kappa shape index (κ1) is 28.3. The van der Waals surface area contributed by atoms with Crippen LogP contribution in [0.3, 0.4) is 0 Å². The number of aromatic nitrogens is 2. The van der Waals surface area contributed by atoms with E-state index in [9.17, 15) is 16.8 Å². The molecule has 12 nitrogen and oxygen atoms in total. The Morgan fingerprint density at radius 1 is 0.718 bits per heavy atom. The van der Waals surface area contributed by atoms with Crippen molar-refractivity contribution < 1.29 is 25.9 Å². The molecule has 0 spiro atoms. The van der Waals surface area contributed by atoms with E-state index in [1.807, 2.05) is 0 Å². The summed E-state index contributed by atoms with van der Waals surface area (Å²) in [4.78, 5) is 15.9. The van der Waals surface area contributed by atoms with Crippen molar-refractivity contribution in [3.63, 3.8) is 0 Å². The number of hydrogen-bond donors (Lipinski definition) is 6. The number of amidine groups is 2. The van der Waals surface area contributed by atoms with Gasteiger partial charge in [-0.1, -0.05) is 24.3 Å². The fourth-order valence-corrected chi connectivity index (χ4v) is 4.35. The highest BCUT2D eigenvalue weighted by Crippen LogP contribution is 2.27. The van der Waals surface area contributed by atoms with E-state index < -0.39 is 20.2 Å². The molecule has 0 saturated heterocycles. The molecule has 208 valence electrons. The van der Waals surface area contributed by atoms with E-state index in [2.05, 4.69) is 79.4 Å². The van der Waals surface area contributed by atoms with Crippen LogP contribution in [0.15, 0.2) is 58.8 Å².